The number of hydrogen-bond acceptors (Lipinski definition) is 3. The third-order valence-electron chi connectivity index (χ3n) is 3.57. The van der Waals surface area contributed by atoms with Crippen molar-refractivity contribution in [3.05, 3.63) is 29.3 Å². The summed E-state index contributed by atoms with van der Waals surface area (Å²) in [4.78, 5) is 2.40. The summed E-state index contributed by atoms with van der Waals surface area (Å²) in [6.45, 7) is 7.93. The lowest BCUT2D eigenvalue weighted by molar-refractivity contribution is 0.362. The third-order valence-corrected chi connectivity index (χ3v) is 4.92. The lowest BCUT2D eigenvalue weighted by Crippen LogP contribution is -2.31. The molecule has 18 heavy (non-hydrogen) atoms. The van der Waals surface area contributed by atoms with Gasteiger partial charge in [0.25, 0.3) is 0 Å². The van der Waals surface area contributed by atoms with Crippen LogP contribution in [0.1, 0.15) is 31.9 Å². The Labute approximate surface area is 115 Å². The SMILES string of the molecule is CCc1cccc(CC)c1NC1SC(C)CN1C. The summed E-state index contributed by atoms with van der Waals surface area (Å²) in [6.07, 6.45) is 2.18. The van der Waals surface area contributed by atoms with Gasteiger partial charge >= 0.3 is 0 Å². The van der Waals surface area contributed by atoms with Gasteiger partial charge in [0.1, 0.15) is 5.50 Å². The van der Waals surface area contributed by atoms with Crippen molar-refractivity contribution >= 4 is 17.4 Å². The minimum atomic E-state index is 0.415. The largest absolute Gasteiger partial charge is 0.361 e. The van der Waals surface area contributed by atoms with Crippen LogP contribution < -0.4 is 5.32 Å². The molecule has 100 valence electrons. The van der Waals surface area contributed by atoms with E-state index < -0.39 is 0 Å². The molecule has 1 fully saturated rings. The van der Waals surface area contributed by atoms with E-state index in [9.17, 15) is 0 Å². The van der Waals surface area contributed by atoms with Crippen molar-refractivity contribution in [1.82, 2.24) is 4.90 Å². The quantitative estimate of drug-likeness (QED) is 0.895. The molecule has 3 heteroatoms. The Kier molecular flexibility index (Phi) is 4.57. The average Bonchev–Trinajstić information content (AvgIpc) is 2.68. The number of para-hydroxylation sites is 1. The zero-order chi connectivity index (χ0) is 13.1. The summed E-state index contributed by atoms with van der Waals surface area (Å²) in [5.74, 6) is 0. The molecule has 1 aromatic carbocycles. The first-order chi connectivity index (χ1) is 8.65. The van der Waals surface area contributed by atoms with Gasteiger partial charge in [-0.15, -0.1) is 11.8 Å². The molecule has 0 aromatic heterocycles. The predicted molar refractivity (Wildman–Crippen MR) is 82.3 cm³/mol. The number of benzene rings is 1. The fourth-order valence-electron chi connectivity index (χ4n) is 2.56. The smallest absolute Gasteiger partial charge is 0.128 e. The Morgan fingerprint density at radius 3 is 2.33 bits per heavy atom. The van der Waals surface area contributed by atoms with Crippen LogP contribution in [0.2, 0.25) is 0 Å². The third kappa shape index (κ3) is 2.83. The molecule has 0 amide bonds. The Bertz CT molecular complexity index is 383. The van der Waals surface area contributed by atoms with Gasteiger partial charge in [0.2, 0.25) is 0 Å². The fourth-order valence-corrected chi connectivity index (χ4v) is 3.80. The highest BCUT2D eigenvalue weighted by Gasteiger charge is 2.27. The van der Waals surface area contributed by atoms with Crippen molar-refractivity contribution in [2.75, 3.05) is 18.9 Å². The van der Waals surface area contributed by atoms with Crippen molar-refractivity contribution < 1.29 is 0 Å². The van der Waals surface area contributed by atoms with Crippen LogP contribution >= 0.6 is 11.8 Å². The highest BCUT2D eigenvalue weighted by Crippen LogP contribution is 2.32. The summed E-state index contributed by atoms with van der Waals surface area (Å²) in [6, 6.07) is 6.66. The molecule has 0 saturated carbocycles. The maximum absolute atomic E-state index is 3.75. The van der Waals surface area contributed by atoms with Gasteiger partial charge in [-0.05, 0) is 31.0 Å². The van der Waals surface area contributed by atoms with E-state index in [1.807, 2.05) is 11.8 Å². The van der Waals surface area contributed by atoms with E-state index in [2.05, 4.69) is 56.2 Å². The van der Waals surface area contributed by atoms with Gasteiger partial charge in [0.15, 0.2) is 0 Å². The molecule has 1 aromatic rings. The fraction of sp³-hybridized carbons (Fsp3) is 0.600. The summed E-state index contributed by atoms with van der Waals surface area (Å²) >= 11 is 2.02. The first-order valence-electron chi connectivity index (χ1n) is 6.88. The lowest BCUT2D eigenvalue weighted by Gasteiger charge is -2.24. The van der Waals surface area contributed by atoms with E-state index in [-0.39, 0.29) is 0 Å². The van der Waals surface area contributed by atoms with E-state index >= 15 is 0 Å². The topological polar surface area (TPSA) is 15.3 Å². The van der Waals surface area contributed by atoms with Gasteiger partial charge in [-0.1, -0.05) is 39.0 Å². The van der Waals surface area contributed by atoms with E-state index in [1.165, 1.54) is 16.8 Å². The van der Waals surface area contributed by atoms with Crippen LogP contribution in [0.3, 0.4) is 0 Å². The minimum Gasteiger partial charge on any atom is -0.361 e. The molecule has 2 rings (SSSR count). The highest BCUT2D eigenvalue weighted by molar-refractivity contribution is 8.00. The van der Waals surface area contributed by atoms with E-state index in [0.29, 0.717) is 10.7 Å². The summed E-state index contributed by atoms with van der Waals surface area (Å²) in [5.41, 5.74) is 4.64. The van der Waals surface area contributed by atoms with E-state index in [4.69, 9.17) is 0 Å². The van der Waals surface area contributed by atoms with Crippen LogP contribution in [0.4, 0.5) is 5.69 Å². The molecule has 0 aliphatic carbocycles. The second-order valence-corrected chi connectivity index (χ2v) is 6.56. The van der Waals surface area contributed by atoms with Gasteiger partial charge in [-0.25, -0.2) is 0 Å². The zero-order valence-corrected chi connectivity index (χ0v) is 12.7. The van der Waals surface area contributed by atoms with Crippen LogP contribution in [0, 0.1) is 0 Å². The standard InChI is InChI=1S/C15H24N2S/c1-5-12-8-7-9-13(6-2)14(12)16-15-17(4)10-11(3)18-15/h7-9,11,15-16H,5-6,10H2,1-4H3. The normalized spacial score (nSPS) is 24.4. The van der Waals surface area contributed by atoms with Crippen LogP contribution in [0.25, 0.3) is 0 Å². The molecule has 2 unspecified atom stereocenters. The monoisotopic (exact) mass is 264 g/mol. The average molecular weight is 264 g/mol. The van der Waals surface area contributed by atoms with E-state index in [1.54, 1.807) is 0 Å². The molecule has 1 aliphatic heterocycles. The van der Waals surface area contributed by atoms with Crippen LogP contribution in [-0.2, 0) is 12.8 Å². The number of hydrogen-bond donors (Lipinski definition) is 1. The zero-order valence-electron chi connectivity index (χ0n) is 11.9. The molecule has 0 bridgehead atoms. The maximum Gasteiger partial charge on any atom is 0.128 e. The Morgan fingerprint density at radius 2 is 1.89 bits per heavy atom. The second-order valence-electron chi connectivity index (χ2n) is 5.04. The molecule has 1 heterocycles. The van der Waals surface area contributed by atoms with Crippen LogP contribution in [0.5, 0.6) is 0 Å². The summed E-state index contributed by atoms with van der Waals surface area (Å²) in [7, 11) is 2.20. The molecule has 1 saturated heterocycles. The van der Waals surface area contributed by atoms with Crippen molar-refractivity contribution in [1.29, 1.82) is 0 Å². The van der Waals surface area contributed by atoms with Crippen molar-refractivity contribution in [3.63, 3.8) is 0 Å². The highest BCUT2D eigenvalue weighted by atomic mass is 32.2. The number of nitrogens with zero attached hydrogens (tertiary/aromatic N) is 1. The van der Waals surface area contributed by atoms with Gasteiger partial charge < -0.3 is 5.32 Å². The molecule has 1 N–H and O–H groups in total. The maximum atomic E-state index is 3.75. The number of nitrogens with one attached hydrogen (secondary N) is 1. The number of anilines is 1. The molecule has 0 spiro atoms. The summed E-state index contributed by atoms with van der Waals surface area (Å²) < 4.78 is 0. The van der Waals surface area contributed by atoms with Crippen LogP contribution in [-0.4, -0.2) is 29.2 Å². The number of aryl methyl sites for hydroxylation is 2. The number of rotatable bonds is 4. The van der Waals surface area contributed by atoms with E-state index in [0.717, 1.165) is 19.4 Å². The second kappa shape index (κ2) is 5.98. The first-order valence-corrected chi connectivity index (χ1v) is 7.83. The predicted octanol–water partition coefficient (Wildman–Crippen LogP) is 3.57. The lowest BCUT2D eigenvalue weighted by atomic mass is 10.0. The molecule has 2 atom stereocenters. The Balaban J connectivity index is 2.22. The molecule has 0 radical (unpaired) electrons. The van der Waals surface area contributed by atoms with Crippen LogP contribution in [0.15, 0.2) is 18.2 Å². The van der Waals surface area contributed by atoms with Gasteiger partial charge in [-0.2, -0.15) is 0 Å². The van der Waals surface area contributed by atoms with Crippen molar-refractivity contribution in [2.45, 2.75) is 44.4 Å². The molecule has 2 nitrogen and oxygen atoms in total. The first kappa shape index (κ1) is 13.8. The minimum absolute atomic E-state index is 0.415. The Hall–Kier alpha value is -0.670. The molecular weight excluding hydrogens is 240 g/mol. The Morgan fingerprint density at radius 1 is 1.28 bits per heavy atom. The molecule has 1 aliphatic rings. The molecular formula is C15H24N2S. The summed E-state index contributed by atoms with van der Waals surface area (Å²) in [5, 5.41) is 4.46. The number of thioether (sulfide) groups is 1. The van der Waals surface area contributed by atoms with Gasteiger partial charge in [-0.3, -0.25) is 4.90 Å². The van der Waals surface area contributed by atoms with Gasteiger partial charge in [0.05, 0.1) is 0 Å². The van der Waals surface area contributed by atoms with Crippen molar-refractivity contribution in [2.24, 2.45) is 0 Å². The van der Waals surface area contributed by atoms with Crippen molar-refractivity contribution in [3.8, 4) is 0 Å². The van der Waals surface area contributed by atoms with Gasteiger partial charge in [0, 0.05) is 17.5 Å².